The van der Waals surface area contributed by atoms with Crippen LogP contribution in [0, 0.1) is 17.3 Å². The maximum atomic E-state index is 6.64. The second-order valence-corrected chi connectivity index (χ2v) is 7.86. The van der Waals surface area contributed by atoms with Gasteiger partial charge in [-0.05, 0) is 49.4 Å². The Bertz CT molecular complexity index is 237. The van der Waals surface area contributed by atoms with E-state index in [1.807, 2.05) is 0 Å². The highest BCUT2D eigenvalue weighted by Crippen LogP contribution is 2.44. The standard InChI is InChI=1S/C16H31N/c1-15(2,3)14-8-10-16(17,11-9-14)12-13-6-4-5-7-13/h13-14H,4-12,17H2,1-3H3. The smallest absolute Gasteiger partial charge is 0.0157 e. The molecule has 0 aromatic rings. The van der Waals surface area contributed by atoms with Crippen molar-refractivity contribution in [1.82, 2.24) is 0 Å². The third-order valence-corrected chi connectivity index (χ3v) is 5.38. The summed E-state index contributed by atoms with van der Waals surface area (Å²) < 4.78 is 0. The van der Waals surface area contributed by atoms with E-state index in [1.165, 1.54) is 57.8 Å². The third kappa shape index (κ3) is 3.47. The second-order valence-electron chi connectivity index (χ2n) is 7.86. The zero-order valence-corrected chi connectivity index (χ0v) is 12.1. The molecule has 0 aromatic heterocycles. The molecule has 2 rings (SSSR count). The minimum Gasteiger partial charge on any atom is -0.325 e. The SMILES string of the molecule is CC(C)(C)C1CCC(N)(CC2CCCC2)CC1. The lowest BCUT2D eigenvalue weighted by Crippen LogP contribution is -2.46. The van der Waals surface area contributed by atoms with Crippen LogP contribution in [0.3, 0.4) is 0 Å². The molecule has 100 valence electrons. The van der Waals surface area contributed by atoms with Crippen LogP contribution in [0.25, 0.3) is 0 Å². The summed E-state index contributed by atoms with van der Waals surface area (Å²) in [6, 6.07) is 0. The first-order chi connectivity index (χ1) is 7.89. The molecule has 0 unspecified atom stereocenters. The van der Waals surface area contributed by atoms with Crippen molar-refractivity contribution in [3.63, 3.8) is 0 Å². The Morgan fingerprint density at radius 1 is 1.00 bits per heavy atom. The van der Waals surface area contributed by atoms with E-state index in [0.29, 0.717) is 5.41 Å². The van der Waals surface area contributed by atoms with Crippen molar-refractivity contribution in [3.8, 4) is 0 Å². The normalized spacial score (nSPS) is 36.4. The summed E-state index contributed by atoms with van der Waals surface area (Å²) in [5, 5.41) is 0. The number of hydrogen-bond acceptors (Lipinski definition) is 1. The maximum absolute atomic E-state index is 6.64. The molecule has 0 spiro atoms. The van der Waals surface area contributed by atoms with Crippen molar-refractivity contribution < 1.29 is 0 Å². The predicted octanol–water partition coefficient (Wildman–Crippen LogP) is 4.50. The van der Waals surface area contributed by atoms with Crippen molar-refractivity contribution in [3.05, 3.63) is 0 Å². The average Bonchev–Trinajstić information content (AvgIpc) is 2.68. The summed E-state index contributed by atoms with van der Waals surface area (Å²) in [6.45, 7) is 7.16. The molecule has 0 atom stereocenters. The van der Waals surface area contributed by atoms with Crippen LogP contribution >= 0.6 is 0 Å². The molecule has 1 nitrogen and oxygen atoms in total. The van der Waals surface area contributed by atoms with Gasteiger partial charge in [-0.3, -0.25) is 0 Å². The fourth-order valence-electron chi connectivity index (χ4n) is 4.05. The monoisotopic (exact) mass is 237 g/mol. The summed E-state index contributed by atoms with van der Waals surface area (Å²) in [5.41, 5.74) is 7.32. The molecule has 0 heterocycles. The predicted molar refractivity (Wildman–Crippen MR) is 74.9 cm³/mol. The number of hydrogen-bond donors (Lipinski definition) is 1. The van der Waals surface area contributed by atoms with Gasteiger partial charge < -0.3 is 5.73 Å². The van der Waals surface area contributed by atoms with Gasteiger partial charge in [0.05, 0.1) is 0 Å². The third-order valence-electron chi connectivity index (χ3n) is 5.38. The van der Waals surface area contributed by atoms with Crippen molar-refractivity contribution in [2.75, 3.05) is 0 Å². The number of nitrogens with two attached hydrogens (primary N) is 1. The largest absolute Gasteiger partial charge is 0.325 e. The average molecular weight is 237 g/mol. The molecule has 2 aliphatic carbocycles. The van der Waals surface area contributed by atoms with Gasteiger partial charge in [-0.15, -0.1) is 0 Å². The lowest BCUT2D eigenvalue weighted by atomic mass is 9.66. The van der Waals surface area contributed by atoms with E-state index in [0.717, 1.165) is 11.8 Å². The molecule has 2 aliphatic rings. The van der Waals surface area contributed by atoms with E-state index in [9.17, 15) is 0 Å². The summed E-state index contributed by atoms with van der Waals surface area (Å²) in [6.07, 6.45) is 12.3. The molecule has 0 saturated heterocycles. The summed E-state index contributed by atoms with van der Waals surface area (Å²) in [5.74, 6) is 1.84. The van der Waals surface area contributed by atoms with Gasteiger partial charge in [-0.25, -0.2) is 0 Å². The Morgan fingerprint density at radius 2 is 1.53 bits per heavy atom. The zero-order chi connectivity index (χ0) is 12.5. The van der Waals surface area contributed by atoms with Crippen LogP contribution in [-0.4, -0.2) is 5.54 Å². The molecule has 0 radical (unpaired) electrons. The van der Waals surface area contributed by atoms with Crippen LogP contribution in [0.4, 0.5) is 0 Å². The Balaban J connectivity index is 1.84. The van der Waals surface area contributed by atoms with E-state index in [-0.39, 0.29) is 5.54 Å². The molecule has 0 amide bonds. The molecule has 2 saturated carbocycles. The van der Waals surface area contributed by atoms with E-state index in [4.69, 9.17) is 5.73 Å². The molecular formula is C16H31N. The van der Waals surface area contributed by atoms with Gasteiger partial charge in [0, 0.05) is 5.54 Å². The molecule has 0 aromatic carbocycles. The van der Waals surface area contributed by atoms with Gasteiger partial charge in [0.15, 0.2) is 0 Å². The molecule has 2 fully saturated rings. The highest BCUT2D eigenvalue weighted by molar-refractivity contribution is 4.94. The van der Waals surface area contributed by atoms with Crippen LogP contribution in [0.5, 0.6) is 0 Å². The van der Waals surface area contributed by atoms with Gasteiger partial charge in [0.1, 0.15) is 0 Å². The van der Waals surface area contributed by atoms with Crippen molar-refractivity contribution in [2.24, 2.45) is 23.0 Å². The minimum absolute atomic E-state index is 0.191. The van der Waals surface area contributed by atoms with Gasteiger partial charge in [-0.1, -0.05) is 46.5 Å². The van der Waals surface area contributed by atoms with Crippen molar-refractivity contribution in [1.29, 1.82) is 0 Å². The Morgan fingerprint density at radius 3 is 2.00 bits per heavy atom. The first-order valence-corrected chi connectivity index (χ1v) is 7.68. The van der Waals surface area contributed by atoms with Crippen LogP contribution in [0.1, 0.15) is 78.6 Å². The molecular weight excluding hydrogens is 206 g/mol. The van der Waals surface area contributed by atoms with Crippen LogP contribution in [-0.2, 0) is 0 Å². The minimum atomic E-state index is 0.191. The van der Waals surface area contributed by atoms with Crippen LogP contribution in [0.15, 0.2) is 0 Å². The van der Waals surface area contributed by atoms with E-state index in [2.05, 4.69) is 20.8 Å². The molecule has 0 bridgehead atoms. The Kier molecular flexibility index (Phi) is 3.87. The lowest BCUT2D eigenvalue weighted by Gasteiger charge is -2.43. The fraction of sp³-hybridized carbons (Fsp3) is 1.00. The van der Waals surface area contributed by atoms with E-state index < -0.39 is 0 Å². The van der Waals surface area contributed by atoms with Gasteiger partial charge in [0.25, 0.3) is 0 Å². The maximum Gasteiger partial charge on any atom is 0.0157 e. The summed E-state index contributed by atoms with van der Waals surface area (Å²) in [7, 11) is 0. The summed E-state index contributed by atoms with van der Waals surface area (Å²) in [4.78, 5) is 0. The Labute approximate surface area is 108 Å². The van der Waals surface area contributed by atoms with Gasteiger partial charge in [0.2, 0.25) is 0 Å². The number of rotatable bonds is 2. The van der Waals surface area contributed by atoms with E-state index >= 15 is 0 Å². The van der Waals surface area contributed by atoms with E-state index in [1.54, 1.807) is 0 Å². The highest BCUT2D eigenvalue weighted by atomic mass is 14.7. The topological polar surface area (TPSA) is 26.0 Å². The second kappa shape index (κ2) is 4.91. The quantitative estimate of drug-likeness (QED) is 0.752. The van der Waals surface area contributed by atoms with Gasteiger partial charge >= 0.3 is 0 Å². The van der Waals surface area contributed by atoms with Crippen molar-refractivity contribution >= 4 is 0 Å². The highest BCUT2D eigenvalue weighted by Gasteiger charge is 2.37. The zero-order valence-electron chi connectivity index (χ0n) is 12.1. The molecule has 0 aliphatic heterocycles. The van der Waals surface area contributed by atoms with Gasteiger partial charge in [-0.2, -0.15) is 0 Å². The van der Waals surface area contributed by atoms with Crippen molar-refractivity contribution in [2.45, 2.75) is 84.1 Å². The molecule has 17 heavy (non-hydrogen) atoms. The fourth-order valence-corrected chi connectivity index (χ4v) is 4.05. The first kappa shape index (κ1) is 13.4. The first-order valence-electron chi connectivity index (χ1n) is 7.68. The van der Waals surface area contributed by atoms with Crippen LogP contribution in [0.2, 0.25) is 0 Å². The lowest BCUT2D eigenvalue weighted by molar-refractivity contribution is 0.120. The Hall–Kier alpha value is -0.0400. The molecule has 2 N–H and O–H groups in total. The summed E-state index contributed by atoms with van der Waals surface area (Å²) >= 11 is 0. The van der Waals surface area contributed by atoms with Crippen LogP contribution < -0.4 is 5.73 Å². The molecule has 1 heteroatoms.